The number of carbonyl (C=O) groups excluding carboxylic acids is 1. The van der Waals surface area contributed by atoms with Crippen molar-refractivity contribution in [3.8, 4) is 0 Å². The lowest BCUT2D eigenvalue weighted by atomic mass is 10.1. The lowest BCUT2D eigenvalue weighted by molar-refractivity contribution is -0.116. The maximum absolute atomic E-state index is 11.8. The highest BCUT2D eigenvalue weighted by atomic mass is 16.1. The van der Waals surface area contributed by atoms with Gasteiger partial charge in [-0.2, -0.15) is 0 Å². The first-order chi connectivity index (χ1) is 12.1. The molecule has 5 nitrogen and oxygen atoms in total. The summed E-state index contributed by atoms with van der Waals surface area (Å²) in [6.07, 6.45) is 6.17. The summed E-state index contributed by atoms with van der Waals surface area (Å²) >= 11 is 0. The molecule has 1 aromatic carbocycles. The molecule has 1 unspecified atom stereocenters. The summed E-state index contributed by atoms with van der Waals surface area (Å²) in [5.74, 6) is -0.0386. The third kappa shape index (κ3) is 5.06. The number of amides is 1. The van der Waals surface area contributed by atoms with Crippen LogP contribution in [0.1, 0.15) is 18.4 Å². The summed E-state index contributed by atoms with van der Waals surface area (Å²) in [5, 5.41) is 2.94. The minimum Gasteiger partial charge on any atom is -0.369 e. The molecule has 136 valence electrons. The van der Waals surface area contributed by atoms with E-state index in [0.29, 0.717) is 6.54 Å². The van der Waals surface area contributed by atoms with Crippen molar-refractivity contribution < 1.29 is 4.79 Å². The highest BCUT2D eigenvalue weighted by Crippen LogP contribution is 2.25. The Bertz CT molecular complexity index is 596. The van der Waals surface area contributed by atoms with Gasteiger partial charge in [0.05, 0.1) is 0 Å². The van der Waals surface area contributed by atoms with E-state index in [2.05, 4.69) is 39.4 Å². The molecule has 0 saturated carbocycles. The number of hydrogen-bond acceptors (Lipinski definition) is 4. The molecular weight excluding hydrogens is 312 g/mol. The van der Waals surface area contributed by atoms with Crippen LogP contribution in [0, 0.1) is 0 Å². The molecular formula is C20H30N4O. The van der Waals surface area contributed by atoms with E-state index in [1.165, 1.54) is 31.6 Å². The van der Waals surface area contributed by atoms with Crippen molar-refractivity contribution >= 4 is 11.6 Å². The molecule has 1 aromatic rings. The molecule has 2 fully saturated rings. The number of anilines is 1. The summed E-state index contributed by atoms with van der Waals surface area (Å²) in [6, 6.07) is 9.36. The first-order valence-corrected chi connectivity index (χ1v) is 9.29. The number of nitrogens with one attached hydrogen (secondary N) is 1. The molecule has 0 spiro atoms. The van der Waals surface area contributed by atoms with Crippen molar-refractivity contribution in [1.82, 2.24) is 15.1 Å². The van der Waals surface area contributed by atoms with E-state index < -0.39 is 0 Å². The van der Waals surface area contributed by atoms with Crippen LogP contribution in [0.3, 0.4) is 0 Å². The fraction of sp³-hybridized carbons (Fsp3) is 0.550. The topological polar surface area (TPSA) is 38.8 Å². The van der Waals surface area contributed by atoms with Gasteiger partial charge < -0.3 is 15.1 Å². The molecule has 2 heterocycles. The van der Waals surface area contributed by atoms with Crippen LogP contribution in [0.4, 0.5) is 5.69 Å². The fourth-order valence-electron chi connectivity index (χ4n) is 3.67. The third-order valence-electron chi connectivity index (χ3n) is 5.10. The summed E-state index contributed by atoms with van der Waals surface area (Å²) in [7, 11) is 3.97. The maximum Gasteiger partial charge on any atom is 0.243 e. The SMILES string of the molecule is CN(C)C/C=C/C(=O)NCc1ccc(N2CCN3CCCC3C2)cc1. The Morgan fingerprint density at radius 1 is 1.24 bits per heavy atom. The standard InChI is InChI=1S/C20H30N4O/c1-22(2)11-4-6-20(25)21-15-17-7-9-18(10-8-17)24-14-13-23-12-3-5-19(23)16-24/h4,6-10,19H,3,5,11-16H2,1-2H3,(H,21,25)/b6-4+. The van der Waals surface area contributed by atoms with Crippen molar-refractivity contribution in [2.45, 2.75) is 25.4 Å². The minimum atomic E-state index is -0.0386. The molecule has 3 rings (SSSR count). The lowest BCUT2D eigenvalue weighted by Crippen LogP contribution is -2.50. The summed E-state index contributed by atoms with van der Waals surface area (Å²) in [6.45, 7) is 6.07. The van der Waals surface area contributed by atoms with Gasteiger partial charge >= 0.3 is 0 Å². The first-order valence-electron chi connectivity index (χ1n) is 9.29. The zero-order valence-corrected chi connectivity index (χ0v) is 15.4. The summed E-state index contributed by atoms with van der Waals surface area (Å²) in [4.78, 5) is 18.9. The Morgan fingerprint density at radius 2 is 2.04 bits per heavy atom. The van der Waals surface area contributed by atoms with Crippen LogP contribution in [0.2, 0.25) is 0 Å². The molecule has 2 saturated heterocycles. The van der Waals surface area contributed by atoms with Crippen molar-refractivity contribution in [2.24, 2.45) is 0 Å². The molecule has 0 aromatic heterocycles. The third-order valence-corrected chi connectivity index (χ3v) is 5.10. The normalized spacial score (nSPS) is 21.1. The van der Waals surface area contributed by atoms with Gasteiger partial charge in [-0.1, -0.05) is 18.2 Å². The van der Waals surface area contributed by atoms with Crippen LogP contribution >= 0.6 is 0 Å². The van der Waals surface area contributed by atoms with Gasteiger partial charge in [-0.05, 0) is 51.2 Å². The smallest absolute Gasteiger partial charge is 0.243 e. The number of likely N-dealkylation sites (N-methyl/N-ethyl adjacent to an activating group) is 1. The van der Waals surface area contributed by atoms with E-state index >= 15 is 0 Å². The quantitative estimate of drug-likeness (QED) is 0.799. The van der Waals surface area contributed by atoms with Crippen LogP contribution < -0.4 is 10.2 Å². The highest BCUT2D eigenvalue weighted by Gasteiger charge is 2.30. The zero-order chi connectivity index (χ0) is 17.6. The van der Waals surface area contributed by atoms with E-state index in [1.807, 2.05) is 25.1 Å². The molecule has 0 bridgehead atoms. The van der Waals surface area contributed by atoms with Crippen LogP contribution in [0.25, 0.3) is 0 Å². The van der Waals surface area contributed by atoms with Crippen LogP contribution in [0.15, 0.2) is 36.4 Å². The second kappa shape index (κ2) is 8.50. The van der Waals surface area contributed by atoms with Gasteiger partial charge in [0, 0.05) is 50.5 Å². The lowest BCUT2D eigenvalue weighted by Gasteiger charge is -2.38. The van der Waals surface area contributed by atoms with Crippen LogP contribution in [-0.4, -0.2) is 68.6 Å². The molecule has 2 aliphatic heterocycles. The summed E-state index contributed by atoms with van der Waals surface area (Å²) < 4.78 is 0. The number of fused-ring (bicyclic) bond motifs is 1. The Balaban J connectivity index is 1.47. The molecule has 1 N–H and O–H groups in total. The van der Waals surface area contributed by atoms with E-state index in [1.54, 1.807) is 6.08 Å². The predicted molar refractivity (Wildman–Crippen MR) is 103 cm³/mol. The van der Waals surface area contributed by atoms with Crippen LogP contribution in [-0.2, 0) is 11.3 Å². The second-order valence-corrected chi connectivity index (χ2v) is 7.33. The second-order valence-electron chi connectivity index (χ2n) is 7.33. The largest absolute Gasteiger partial charge is 0.369 e. The van der Waals surface area contributed by atoms with E-state index in [-0.39, 0.29) is 5.91 Å². The van der Waals surface area contributed by atoms with E-state index in [4.69, 9.17) is 0 Å². The molecule has 0 aliphatic carbocycles. The van der Waals surface area contributed by atoms with Gasteiger partial charge in [0.2, 0.25) is 5.91 Å². The van der Waals surface area contributed by atoms with Crippen LogP contribution in [0.5, 0.6) is 0 Å². The van der Waals surface area contributed by atoms with Crippen molar-refractivity contribution in [3.05, 3.63) is 42.0 Å². The van der Waals surface area contributed by atoms with E-state index in [9.17, 15) is 4.79 Å². The minimum absolute atomic E-state index is 0.0386. The zero-order valence-electron chi connectivity index (χ0n) is 15.4. The summed E-state index contributed by atoms with van der Waals surface area (Å²) in [5.41, 5.74) is 2.44. The maximum atomic E-state index is 11.8. The number of benzene rings is 1. The number of piperazine rings is 1. The predicted octanol–water partition coefficient (Wildman–Crippen LogP) is 1.70. The molecule has 25 heavy (non-hydrogen) atoms. The molecule has 1 atom stereocenters. The average molecular weight is 342 g/mol. The van der Waals surface area contributed by atoms with Gasteiger partial charge in [-0.15, -0.1) is 0 Å². The Hall–Kier alpha value is -1.85. The fourth-order valence-corrected chi connectivity index (χ4v) is 3.67. The first kappa shape index (κ1) is 18.0. The molecule has 2 aliphatic rings. The monoisotopic (exact) mass is 342 g/mol. The Labute approximate surface area is 151 Å². The van der Waals surface area contributed by atoms with E-state index in [0.717, 1.165) is 31.2 Å². The van der Waals surface area contributed by atoms with Crippen molar-refractivity contribution in [1.29, 1.82) is 0 Å². The van der Waals surface area contributed by atoms with Crippen molar-refractivity contribution in [2.75, 3.05) is 51.7 Å². The molecule has 0 radical (unpaired) electrons. The number of hydrogen-bond donors (Lipinski definition) is 1. The van der Waals surface area contributed by atoms with Gasteiger partial charge in [0.1, 0.15) is 0 Å². The number of carbonyl (C=O) groups is 1. The Morgan fingerprint density at radius 3 is 2.80 bits per heavy atom. The van der Waals surface area contributed by atoms with Gasteiger partial charge in [-0.25, -0.2) is 0 Å². The molecule has 5 heteroatoms. The van der Waals surface area contributed by atoms with Gasteiger partial charge in [0.25, 0.3) is 0 Å². The van der Waals surface area contributed by atoms with Gasteiger partial charge in [-0.3, -0.25) is 9.69 Å². The number of nitrogens with zero attached hydrogens (tertiary/aromatic N) is 3. The average Bonchev–Trinajstić information content (AvgIpc) is 3.08. The van der Waals surface area contributed by atoms with Gasteiger partial charge in [0.15, 0.2) is 0 Å². The molecule has 1 amide bonds. The van der Waals surface area contributed by atoms with Crippen molar-refractivity contribution in [3.63, 3.8) is 0 Å². The Kier molecular flexibility index (Phi) is 6.10. The number of rotatable bonds is 6. The highest BCUT2D eigenvalue weighted by molar-refractivity contribution is 5.87.